The van der Waals surface area contributed by atoms with E-state index in [-0.39, 0.29) is 5.69 Å². The lowest BCUT2D eigenvalue weighted by atomic mass is 10.3. The smallest absolute Gasteiger partial charge is 0.280 e. The predicted molar refractivity (Wildman–Crippen MR) is 55.9 cm³/mol. The Labute approximate surface area is 88.9 Å². The minimum absolute atomic E-state index is 0.315. The number of carbonyl (C=O) groups is 1. The number of hydrogen-bond acceptors (Lipinski definition) is 3. The van der Waals surface area contributed by atoms with Crippen molar-refractivity contribution >= 4 is 28.5 Å². The predicted octanol–water partition coefficient (Wildman–Crippen LogP) is 0.675. The van der Waals surface area contributed by atoms with Crippen molar-refractivity contribution in [2.24, 2.45) is 5.73 Å². The lowest BCUT2D eigenvalue weighted by molar-refractivity contribution is 0.0994. The monoisotopic (exact) mass is 223 g/mol. The Bertz CT molecular complexity index is 606. The molecule has 2 aromatic rings. The summed E-state index contributed by atoms with van der Waals surface area (Å²) in [5.74, 6) is -0.863. The maximum absolute atomic E-state index is 11.3. The van der Waals surface area contributed by atoms with Crippen LogP contribution in [-0.4, -0.2) is 15.9 Å². The molecule has 0 saturated heterocycles. The van der Waals surface area contributed by atoms with Gasteiger partial charge in [-0.05, 0) is 18.2 Å². The summed E-state index contributed by atoms with van der Waals surface area (Å²) in [5.41, 5.74) is 5.01. The van der Waals surface area contributed by atoms with Crippen LogP contribution in [0.15, 0.2) is 23.0 Å². The van der Waals surface area contributed by atoms with E-state index in [1.165, 1.54) is 0 Å². The second-order valence-electron chi connectivity index (χ2n) is 2.94. The van der Waals surface area contributed by atoms with Gasteiger partial charge in [0.2, 0.25) is 0 Å². The summed E-state index contributed by atoms with van der Waals surface area (Å²) in [6.45, 7) is 0. The van der Waals surface area contributed by atoms with Crippen LogP contribution in [-0.2, 0) is 0 Å². The Balaban J connectivity index is 2.83. The maximum Gasteiger partial charge on any atom is 0.280 e. The molecule has 1 heterocycles. The number of nitrogens with two attached hydrogens (primary N) is 1. The minimum Gasteiger partial charge on any atom is -0.364 e. The average Bonchev–Trinajstić information content (AvgIpc) is 2.17. The Morgan fingerprint density at radius 2 is 2.20 bits per heavy atom. The fourth-order valence-corrected chi connectivity index (χ4v) is 1.39. The molecule has 3 N–H and O–H groups in total. The van der Waals surface area contributed by atoms with Crippen LogP contribution >= 0.6 is 11.6 Å². The summed E-state index contributed by atoms with van der Waals surface area (Å²) in [6.07, 6.45) is 0. The summed E-state index contributed by atoms with van der Waals surface area (Å²) < 4.78 is 0. The van der Waals surface area contributed by atoms with Gasteiger partial charge in [-0.25, -0.2) is 4.98 Å². The van der Waals surface area contributed by atoms with Crippen molar-refractivity contribution < 1.29 is 4.79 Å². The van der Waals surface area contributed by atoms with Gasteiger partial charge >= 0.3 is 0 Å². The second-order valence-corrected chi connectivity index (χ2v) is 3.38. The fourth-order valence-electron chi connectivity index (χ4n) is 1.22. The summed E-state index contributed by atoms with van der Waals surface area (Å²) in [6, 6.07) is 4.77. The van der Waals surface area contributed by atoms with Crippen LogP contribution in [0.2, 0.25) is 5.02 Å². The van der Waals surface area contributed by atoms with Crippen molar-refractivity contribution in [1.29, 1.82) is 0 Å². The summed E-state index contributed by atoms with van der Waals surface area (Å²) in [5, 5.41) is 0.470. The van der Waals surface area contributed by atoms with Crippen LogP contribution in [0.3, 0.4) is 0 Å². The van der Waals surface area contributed by atoms with Crippen molar-refractivity contribution in [3.8, 4) is 0 Å². The lowest BCUT2D eigenvalue weighted by Crippen LogP contribution is -2.25. The van der Waals surface area contributed by atoms with Crippen LogP contribution in [0.5, 0.6) is 0 Å². The van der Waals surface area contributed by atoms with Crippen LogP contribution in [0, 0.1) is 0 Å². The van der Waals surface area contributed by atoms with Crippen molar-refractivity contribution in [3.63, 3.8) is 0 Å². The van der Waals surface area contributed by atoms with Gasteiger partial charge < -0.3 is 10.7 Å². The molecule has 15 heavy (non-hydrogen) atoms. The molecule has 1 aromatic heterocycles. The molecule has 6 heteroatoms. The fraction of sp³-hybridized carbons (Fsp3) is 0. The number of amides is 1. The van der Waals surface area contributed by atoms with Gasteiger partial charge in [-0.3, -0.25) is 9.59 Å². The molecule has 0 radical (unpaired) electrons. The van der Waals surface area contributed by atoms with E-state index in [1.807, 2.05) is 0 Å². The highest BCUT2D eigenvalue weighted by atomic mass is 35.5. The number of rotatable bonds is 1. The van der Waals surface area contributed by atoms with Crippen LogP contribution in [0.1, 0.15) is 10.5 Å². The number of H-pyrrole nitrogens is 1. The van der Waals surface area contributed by atoms with E-state index in [9.17, 15) is 9.59 Å². The third-order valence-corrected chi connectivity index (χ3v) is 2.12. The number of halogens is 1. The SMILES string of the molecule is NC(=O)c1nc2cc(Cl)ccc2[nH]c1=O. The average molecular weight is 224 g/mol. The molecule has 0 spiro atoms. The van der Waals surface area contributed by atoms with E-state index < -0.39 is 11.5 Å². The van der Waals surface area contributed by atoms with Gasteiger partial charge in [-0.15, -0.1) is 0 Å². The van der Waals surface area contributed by atoms with E-state index >= 15 is 0 Å². The number of primary amides is 1. The first-order valence-electron chi connectivity index (χ1n) is 4.07. The van der Waals surface area contributed by atoms with Crippen molar-refractivity contribution in [1.82, 2.24) is 9.97 Å². The molecule has 2 rings (SSSR count). The number of fused-ring (bicyclic) bond motifs is 1. The molecule has 0 bridgehead atoms. The number of nitrogens with zero attached hydrogens (tertiary/aromatic N) is 1. The van der Waals surface area contributed by atoms with Crippen molar-refractivity contribution in [3.05, 3.63) is 39.3 Å². The zero-order chi connectivity index (χ0) is 11.0. The van der Waals surface area contributed by atoms with Crippen LogP contribution < -0.4 is 11.3 Å². The standard InChI is InChI=1S/C9H6ClN3O2/c10-4-1-2-5-6(3-4)12-7(8(11)14)9(15)13-5/h1-3H,(H2,11,14)(H,13,15). The summed E-state index contributed by atoms with van der Waals surface area (Å²) >= 11 is 5.74. The highest BCUT2D eigenvalue weighted by Crippen LogP contribution is 2.14. The van der Waals surface area contributed by atoms with Gasteiger partial charge in [-0.2, -0.15) is 0 Å². The minimum atomic E-state index is -0.863. The molecule has 0 atom stereocenters. The lowest BCUT2D eigenvalue weighted by Gasteiger charge is -1.99. The first-order valence-corrected chi connectivity index (χ1v) is 4.45. The Hall–Kier alpha value is -1.88. The van der Waals surface area contributed by atoms with E-state index in [2.05, 4.69) is 9.97 Å². The molecule has 1 amide bonds. The third kappa shape index (κ3) is 1.69. The van der Waals surface area contributed by atoms with Crippen molar-refractivity contribution in [2.45, 2.75) is 0 Å². The molecule has 5 nitrogen and oxygen atoms in total. The Morgan fingerprint density at radius 1 is 1.47 bits per heavy atom. The molecule has 0 aliphatic carbocycles. The van der Waals surface area contributed by atoms with E-state index in [1.54, 1.807) is 18.2 Å². The van der Waals surface area contributed by atoms with Crippen molar-refractivity contribution in [2.75, 3.05) is 0 Å². The number of benzene rings is 1. The number of carbonyl (C=O) groups excluding carboxylic acids is 1. The first-order chi connectivity index (χ1) is 7.08. The highest BCUT2D eigenvalue weighted by Gasteiger charge is 2.09. The Kier molecular flexibility index (Phi) is 2.17. The van der Waals surface area contributed by atoms with Gasteiger partial charge in [-0.1, -0.05) is 11.6 Å². The van der Waals surface area contributed by atoms with E-state index in [0.29, 0.717) is 16.1 Å². The molecule has 0 fully saturated rings. The zero-order valence-electron chi connectivity index (χ0n) is 7.45. The summed E-state index contributed by atoms with van der Waals surface area (Å²) in [4.78, 5) is 28.5. The number of hydrogen-bond donors (Lipinski definition) is 2. The van der Waals surface area contributed by atoms with Crippen LogP contribution in [0.4, 0.5) is 0 Å². The second kappa shape index (κ2) is 3.36. The van der Waals surface area contributed by atoms with Crippen LogP contribution in [0.25, 0.3) is 11.0 Å². The quantitative estimate of drug-likeness (QED) is 0.745. The topological polar surface area (TPSA) is 88.8 Å². The first kappa shape index (κ1) is 9.67. The van der Waals surface area contributed by atoms with Gasteiger partial charge in [0.15, 0.2) is 5.69 Å². The summed E-state index contributed by atoms with van der Waals surface area (Å²) in [7, 11) is 0. The molecule has 0 saturated carbocycles. The highest BCUT2D eigenvalue weighted by molar-refractivity contribution is 6.31. The molecule has 0 aliphatic heterocycles. The van der Waals surface area contributed by atoms with Gasteiger partial charge in [0.05, 0.1) is 11.0 Å². The van der Waals surface area contributed by atoms with E-state index in [0.717, 1.165) is 0 Å². The van der Waals surface area contributed by atoms with E-state index in [4.69, 9.17) is 17.3 Å². The van der Waals surface area contributed by atoms with Gasteiger partial charge in [0, 0.05) is 5.02 Å². The Morgan fingerprint density at radius 3 is 2.87 bits per heavy atom. The molecule has 1 aromatic carbocycles. The van der Waals surface area contributed by atoms with Gasteiger partial charge in [0.1, 0.15) is 0 Å². The number of nitrogens with one attached hydrogen (secondary N) is 1. The molecule has 0 unspecified atom stereocenters. The third-order valence-electron chi connectivity index (χ3n) is 1.89. The molecular weight excluding hydrogens is 218 g/mol. The largest absolute Gasteiger partial charge is 0.364 e. The molecule has 0 aliphatic rings. The molecule has 76 valence electrons. The molecular formula is C9H6ClN3O2. The number of aromatic nitrogens is 2. The van der Waals surface area contributed by atoms with Gasteiger partial charge in [0.25, 0.3) is 11.5 Å². The number of aromatic amines is 1. The zero-order valence-corrected chi connectivity index (χ0v) is 8.21. The maximum atomic E-state index is 11.3. The normalized spacial score (nSPS) is 10.5.